The van der Waals surface area contributed by atoms with E-state index in [9.17, 15) is 4.79 Å². The first-order valence-corrected chi connectivity index (χ1v) is 11.7. The van der Waals surface area contributed by atoms with E-state index in [1.165, 1.54) is 11.8 Å². The van der Waals surface area contributed by atoms with Crippen LogP contribution in [0.1, 0.15) is 17.1 Å². The molecule has 2 aromatic carbocycles. The van der Waals surface area contributed by atoms with Gasteiger partial charge in [-0.2, -0.15) is 0 Å². The maximum absolute atomic E-state index is 13.3. The fourth-order valence-corrected chi connectivity index (χ4v) is 4.68. The normalized spacial score (nSPS) is 11.2. The Morgan fingerprint density at radius 1 is 1.03 bits per heavy atom. The lowest BCUT2D eigenvalue weighted by Gasteiger charge is -2.12. The lowest BCUT2D eigenvalue weighted by Crippen LogP contribution is -2.24. The quantitative estimate of drug-likeness (QED) is 0.230. The number of rotatable bonds is 6. The molecule has 0 atom stereocenters. The zero-order chi connectivity index (χ0) is 22.8. The monoisotopic (exact) mass is 474 g/mol. The molecule has 0 bridgehead atoms. The largest absolute Gasteiger partial charge is 0.441 e. The van der Waals surface area contributed by atoms with Crippen LogP contribution in [0.15, 0.2) is 87.3 Å². The fourth-order valence-electron chi connectivity index (χ4n) is 3.49. The SMILES string of the molecule is Cc1oc(-c2cccc(Cl)c2)nc1CSc1nc2ccccc2c(=O)n1Cc1ccccn1. The number of oxazole rings is 1. The van der Waals surface area contributed by atoms with E-state index in [-0.39, 0.29) is 5.56 Å². The van der Waals surface area contributed by atoms with Gasteiger partial charge in [0.2, 0.25) is 5.89 Å². The number of nitrogens with zero attached hydrogens (tertiary/aromatic N) is 4. The number of benzene rings is 2. The van der Waals surface area contributed by atoms with Crippen molar-refractivity contribution < 1.29 is 4.42 Å². The second-order valence-corrected chi connectivity index (χ2v) is 8.82. The van der Waals surface area contributed by atoms with E-state index in [1.807, 2.05) is 67.6 Å². The molecule has 3 heterocycles. The second-order valence-electron chi connectivity index (χ2n) is 7.44. The molecule has 3 aromatic heterocycles. The van der Waals surface area contributed by atoms with Crippen LogP contribution < -0.4 is 5.56 Å². The average Bonchev–Trinajstić information content (AvgIpc) is 3.21. The Labute approximate surface area is 199 Å². The number of halogens is 1. The Hall–Kier alpha value is -3.42. The van der Waals surface area contributed by atoms with Crippen LogP contribution in [0.2, 0.25) is 5.02 Å². The number of aryl methyl sites for hydroxylation is 1. The highest BCUT2D eigenvalue weighted by Gasteiger charge is 2.16. The molecule has 8 heteroatoms. The molecule has 0 fully saturated rings. The minimum atomic E-state index is -0.0924. The van der Waals surface area contributed by atoms with Crippen LogP contribution in [0.25, 0.3) is 22.4 Å². The zero-order valence-electron chi connectivity index (χ0n) is 17.7. The molecule has 0 radical (unpaired) electrons. The number of hydrogen-bond acceptors (Lipinski definition) is 6. The van der Waals surface area contributed by atoms with Crippen LogP contribution in [-0.4, -0.2) is 19.5 Å². The maximum Gasteiger partial charge on any atom is 0.262 e. The summed E-state index contributed by atoms with van der Waals surface area (Å²) in [4.78, 5) is 27.1. The first kappa shape index (κ1) is 21.4. The van der Waals surface area contributed by atoms with E-state index >= 15 is 0 Å². The molecule has 0 aliphatic carbocycles. The lowest BCUT2D eigenvalue weighted by molar-refractivity contribution is 0.540. The Kier molecular flexibility index (Phi) is 5.98. The summed E-state index contributed by atoms with van der Waals surface area (Å²) in [5, 5.41) is 1.81. The molecule has 0 aliphatic heterocycles. The van der Waals surface area contributed by atoms with Gasteiger partial charge in [-0.15, -0.1) is 0 Å². The zero-order valence-corrected chi connectivity index (χ0v) is 19.3. The van der Waals surface area contributed by atoms with Gasteiger partial charge < -0.3 is 4.42 Å². The van der Waals surface area contributed by atoms with Crippen LogP contribution in [0.3, 0.4) is 0 Å². The van der Waals surface area contributed by atoms with Crippen molar-refractivity contribution in [1.82, 2.24) is 19.5 Å². The molecule has 0 amide bonds. The molecule has 0 unspecified atom stereocenters. The van der Waals surface area contributed by atoms with Gasteiger partial charge in [-0.25, -0.2) is 9.97 Å². The van der Waals surface area contributed by atoms with Gasteiger partial charge in [0.25, 0.3) is 5.56 Å². The first-order chi connectivity index (χ1) is 16.1. The lowest BCUT2D eigenvalue weighted by atomic mass is 10.2. The predicted octanol–water partition coefficient (Wildman–Crippen LogP) is 5.75. The van der Waals surface area contributed by atoms with E-state index in [4.69, 9.17) is 21.0 Å². The summed E-state index contributed by atoms with van der Waals surface area (Å²) in [6.45, 7) is 2.22. The number of fused-ring (bicyclic) bond motifs is 1. The summed E-state index contributed by atoms with van der Waals surface area (Å²) in [7, 11) is 0. The summed E-state index contributed by atoms with van der Waals surface area (Å²) in [5.41, 5.74) is 2.97. The van der Waals surface area contributed by atoms with Gasteiger partial charge in [0.1, 0.15) is 5.76 Å². The third kappa shape index (κ3) is 4.55. The molecular weight excluding hydrogens is 456 g/mol. The average molecular weight is 475 g/mol. The van der Waals surface area contributed by atoms with Crippen LogP contribution in [0.5, 0.6) is 0 Å². The van der Waals surface area contributed by atoms with Crippen molar-refractivity contribution in [3.05, 3.63) is 105 Å². The van der Waals surface area contributed by atoms with Gasteiger partial charge in [-0.1, -0.05) is 47.6 Å². The molecule has 0 N–H and O–H groups in total. The van der Waals surface area contributed by atoms with Crippen molar-refractivity contribution in [1.29, 1.82) is 0 Å². The van der Waals surface area contributed by atoms with Gasteiger partial charge >= 0.3 is 0 Å². The van der Waals surface area contributed by atoms with E-state index < -0.39 is 0 Å². The minimum absolute atomic E-state index is 0.0924. The van der Waals surface area contributed by atoms with Gasteiger partial charge in [0.15, 0.2) is 5.16 Å². The van der Waals surface area contributed by atoms with E-state index in [0.29, 0.717) is 39.3 Å². The summed E-state index contributed by atoms with van der Waals surface area (Å²) < 4.78 is 7.55. The van der Waals surface area contributed by atoms with E-state index in [0.717, 1.165) is 22.7 Å². The number of pyridine rings is 1. The molecule has 0 aliphatic rings. The van der Waals surface area contributed by atoms with Gasteiger partial charge in [0, 0.05) is 22.5 Å². The van der Waals surface area contributed by atoms with Crippen molar-refractivity contribution in [2.75, 3.05) is 0 Å². The molecule has 5 rings (SSSR count). The molecule has 5 aromatic rings. The van der Waals surface area contributed by atoms with Gasteiger partial charge in [-0.05, 0) is 49.4 Å². The van der Waals surface area contributed by atoms with Crippen molar-refractivity contribution >= 4 is 34.3 Å². The highest BCUT2D eigenvalue weighted by Crippen LogP contribution is 2.28. The summed E-state index contributed by atoms with van der Waals surface area (Å²) in [5.74, 6) is 1.74. The molecule has 0 spiro atoms. The van der Waals surface area contributed by atoms with E-state index in [1.54, 1.807) is 16.8 Å². The first-order valence-electron chi connectivity index (χ1n) is 10.3. The number of para-hydroxylation sites is 1. The summed E-state index contributed by atoms with van der Waals surface area (Å²) >= 11 is 7.56. The minimum Gasteiger partial charge on any atom is -0.441 e. The van der Waals surface area contributed by atoms with Crippen molar-refractivity contribution in [3.8, 4) is 11.5 Å². The highest BCUT2D eigenvalue weighted by atomic mass is 35.5. The molecule has 0 saturated heterocycles. The molecular formula is C25H19ClN4O2S. The number of aromatic nitrogens is 4. The second kappa shape index (κ2) is 9.21. The van der Waals surface area contributed by atoms with Crippen LogP contribution >= 0.6 is 23.4 Å². The predicted molar refractivity (Wildman–Crippen MR) is 131 cm³/mol. The molecule has 33 heavy (non-hydrogen) atoms. The Bertz CT molecular complexity index is 1500. The molecule has 6 nitrogen and oxygen atoms in total. The highest BCUT2D eigenvalue weighted by molar-refractivity contribution is 7.98. The number of thioether (sulfide) groups is 1. The van der Waals surface area contributed by atoms with Crippen LogP contribution in [0, 0.1) is 6.92 Å². The Morgan fingerprint density at radius 3 is 2.70 bits per heavy atom. The standard InChI is InChI=1S/C25H19ClN4O2S/c1-16-22(28-23(32-16)17-7-6-8-18(26)13-17)15-33-25-29-21-11-3-2-10-20(21)24(31)30(25)14-19-9-4-5-12-27-19/h2-13H,14-15H2,1H3. The van der Waals surface area contributed by atoms with Crippen LogP contribution in [0.4, 0.5) is 0 Å². The van der Waals surface area contributed by atoms with Crippen LogP contribution in [-0.2, 0) is 12.3 Å². The topological polar surface area (TPSA) is 73.8 Å². The smallest absolute Gasteiger partial charge is 0.262 e. The maximum atomic E-state index is 13.3. The van der Waals surface area contributed by atoms with Crippen molar-refractivity contribution in [2.24, 2.45) is 0 Å². The fraction of sp³-hybridized carbons (Fsp3) is 0.120. The van der Waals surface area contributed by atoms with Crippen molar-refractivity contribution in [2.45, 2.75) is 24.4 Å². The third-order valence-electron chi connectivity index (χ3n) is 5.18. The Balaban J connectivity index is 1.49. The van der Waals surface area contributed by atoms with E-state index in [2.05, 4.69) is 9.97 Å². The molecule has 164 valence electrons. The third-order valence-corrected chi connectivity index (χ3v) is 6.40. The number of hydrogen-bond donors (Lipinski definition) is 0. The summed E-state index contributed by atoms with van der Waals surface area (Å²) in [6, 6.07) is 20.4. The van der Waals surface area contributed by atoms with Gasteiger partial charge in [-0.3, -0.25) is 14.3 Å². The summed E-state index contributed by atoms with van der Waals surface area (Å²) in [6.07, 6.45) is 1.72. The van der Waals surface area contributed by atoms with Gasteiger partial charge in [0.05, 0.1) is 28.8 Å². The Morgan fingerprint density at radius 2 is 1.88 bits per heavy atom. The molecule has 0 saturated carbocycles. The van der Waals surface area contributed by atoms with Crippen molar-refractivity contribution in [3.63, 3.8) is 0 Å².